The Morgan fingerprint density at radius 3 is 2.73 bits per heavy atom. The van der Waals surface area contributed by atoms with Crippen molar-refractivity contribution in [3.8, 4) is 0 Å². The van der Waals surface area contributed by atoms with Gasteiger partial charge in [-0.2, -0.15) is 0 Å². The van der Waals surface area contributed by atoms with Crippen LogP contribution in [0.1, 0.15) is 33.1 Å². The molecule has 0 spiro atoms. The summed E-state index contributed by atoms with van der Waals surface area (Å²) in [7, 11) is 2.22. The SMILES string of the molecule is CC(C)N(C)CC1CCCCN1CCN. The first-order chi connectivity index (χ1) is 7.15. The zero-order valence-electron chi connectivity index (χ0n) is 10.6. The van der Waals surface area contributed by atoms with Crippen LogP contribution >= 0.6 is 0 Å². The van der Waals surface area contributed by atoms with E-state index >= 15 is 0 Å². The molecule has 1 aliphatic heterocycles. The van der Waals surface area contributed by atoms with Crippen LogP contribution in [-0.2, 0) is 0 Å². The Morgan fingerprint density at radius 1 is 1.40 bits per heavy atom. The highest BCUT2D eigenvalue weighted by Crippen LogP contribution is 2.17. The molecule has 1 unspecified atom stereocenters. The second kappa shape index (κ2) is 6.46. The van der Waals surface area contributed by atoms with E-state index in [9.17, 15) is 0 Å². The van der Waals surface area contributed by atoms with Gasteiger partial charge >= 0.3 is 0 Å². The van der Waals surface area contributed by atoms with Crippen LogP contribution in [0.15, 0.2) is 0 Å². The summed E-state index contributed by atoms with van der Waals surface area (Å²) in [5, 5.41) is 0. The molecular formula is C12H27N3. The van der Waals surface area contributed by atoms with Crippen LogP contribution in [0.5, 0.6) is 0 Å². The van der Waals surface area contributed by atoms with Crippen LogP contribution in [0.25, 0.3) is 0 Å². The van der Waals surface area contributed by atoms with Crippen LogP contribution < -0.4 is 5.73 Å². The van der Waals surface area contributed by atoms with Gasteiger partial charge < -0.3 is 10.6 Å². The fraction of sp³-hybridized carbons (Fsp3) is 1.00. The molecule has 0 aromatic rings. The number of piperidine rings is 1. The molecule has 1 saturated heterocycles. The number of nitrogens with zero attached hydrogens (tertiary/aromatic N) is 2. The minimum atomic E-state index is 0.645. The summed E-state index contributed by atoms with van der Waals surface area (Å²) in [6, 6.07) is 1.38. The highest BCUT2D eigenvalue weighted by Gasteiger charge is 2.23. The van der Waals surface area contributed by atoms with E-state index in [4.69, 9.17) is 5.73 Å². The minimum Gasteiger partial charge on any atom is -0.329 e. The number of nitrogens with two attached hydrogens (primary N) is 1. The summed E-state index contributed by atoms with van der Waals surface area (Å²) >= 11 is 0. The first-order valence-electron chi connectivity index (χ1n) is 6.29. The van der Waals surface area contributed by atoms with Crippen LogP contribution in [0.2, 0.25) is 0 Å². The molecule has 1 fully saturated rings. The van der Waals surface area contributed by atoms with Crippen molar-refractivity contribution >= 4 is 0 Å². The van der Waals surface area contributed by atoms with Gasteiger partial charge in [0.1, 0.15) is 0 Å². The summed E-state index contributed by atoms with van der Waals surface area (Å²) < 4.78 is 0. The molecule has 0 amide bonds. The molecule has 3 nitrogen and oxygen atoms in total. The van der Waals surface area contributed by atoms with Crippen molar-refractivity contribution in [1.82, 2.24) is 9.80 Å². The number of hydrogen-bond donors (Lipinski definition) is 1. The minimum absolute atomic E-state index is 0.645. The molecule has 90 valence electrons. The van der Waals surface area contributed by atoms with Gasteiger partial charge in [0.05, 0.1) is 0 Å². The third-order valence-electron chi connectivity index (χ3n) is 3.55. The second-order valence-corrected chi connectivity index (χ2v) is 5.01. The summed E-state index contributed by atoms with van der Waals surface area (Å²) in [6.07, 6.45) is 4.08. The van der Waals surface area contributed by atoms with E-state index in [1.54, 1.807) is 0 Å². The Morgan fingerprint density at radius 2 is 2.13 bits per heavy atom. The van der Waals surface area contributed by atoms with Gasteiger partial charge in [-0.05, 0) is 40.3 Å². The predicted molar refractivity (Wildman–Crippen MR) is 66.0 cm³/mol. The summed E-state index contributed by atoms with van der Waals surface area (Å²) in [5.41, 5.74) is 5.66. The predicted octanol–water partition coefficient (Wildman–Crippen LogP) is 1.14. The largest absolute Gasteiger partial charge is 0.329 e. The van der Waals surface area contributed by atoms with E-state index in [0.29, 0.717) is 6.04 Å². The topological polar surface area (TPSA) is 32.5 Å². The number of hydrogen-bond acceptors (Lipinski definition) is 3. The van der Waals surface area contributed by atoms with E-state index in [0.717, 1.165) is 19.1 Å². The quantitative estimate of drug-likeness (QED) is 0.743. The van der Waals surface area contributed by atoms with Crippen molar-refractivity contribution in [3.05, 3.63) is 0 Å². The maximum absolute atomic E-state index is 5.66. The van der Waals surface area contributed by atoms with Crippen LogP contribution in [-0.4, -0.2) is 55.1 Å². The van der Waals surface area contributed by atoms with E-state index in [1.807, 2.05) is 0 Å². The van der Waals surface area contributed by atoms with Gasteiger partial charge in [0.15, 0.2) is 0 Å². The first kappa shape index (κ1) is 12.9. The molecule has 1 aliphatic rings. The summed E-state index contributed by atoms with van der Waals surface area (Å²) in [4.78, 5) is 5.02. The average molecular weight is 213 g/mol. The molecule has 15 heavy (non-hydrogen) atoms. The van der Waals surface area contributed by atoms with Crippen molar-refractivity contribution in [3.63, 3.8) is 0 Å². The van der Waals surface area contributed by atoms with Gasteiger partial charge in [0.25, 0.3) is 0 Å². The molecule has 3 heteroatoms. The maximum Gasteiger partial charge on any atom is 0.0223 e. The van der Waals surface area contributed by atoms with Gasteiger partial charge in [-0.25, -0.2) is 0 Å². The highest BCUT2D eigenvalue weighted by atomic mass is 15.2. The Balaban J connectivity index is 2.41. The van der Waals surface area contributed by atoms with Crippen molar-refractivity contribution in [2.24, 2.45) is 5.73 Å². The number of rotatable bonds is 5. The van der Waals surface area contributed by atoms with E-state index in [2.05, 4.69) is 30.7 Å². The van der Waals surface area contributed by atoms with Crippen molar-refractivity contribution in [1.29, 1.82) is 0 Å². The Hall–Kier alpha value is -0.120. The van der Waals surface area contributed by atoms with Gasteiger partial charge in [-0.15, -0.1) is 0 Å². The molecule has 0 aromatic carbocycles. The number of likely N-dealkylation sites (N-methyl/N-ethyl adjacent to an activating group) is 1. The fourth-order valence-corrected chi connectivity index (χ4v) is 2.27. The smallest absolute Gasteiger partial charge is 0.0223 e. The summed E-state index contributed by atoms with van der Waals surface area (Å²) in [6.45, 7) is 8.82. The van der Waals surface area contributed by atoms with Crippen molar-refractivity contribution < 1.29 is 0 Å². The van der Waals surface area contributed by atoms with E-state index in [1.165, 1.54) is 32.4 Å². The maximum atomic E-state index is 5.66. The van der Waals surface area contributed by atoms with Gasteiger partial charge in [0.2, 0.25) is 0 Å². The lowest BCUT2D eigenvalue weighted by atomic mass is 10.0. The second-order valence-electron chi connectivity index (χ2n) is 5.01. The molecule has 0 aromatic heterocycles. The normalized spacial score (nSPS) is 24.0. The molecule has 1 atom stereocenters. The molecule has 0 aliphatic carbocycles. The Kier molecular flexibility index (Phi) is 5.58. The monoisotopic (exact) mass is 213 g/mol. The highest BCUT2D eigenvalue weighted by molar-refractivity contribution is 4.80. The lowest BCUT2D eigenvalue weighted by Crippen LogP contribution is -2.48. The third kappa shape index (κ3) is 4.09. The molecule has 2 N–H and O–H groups in total. The van der Waals surface area contributed by atoms with Gasteiger partial charge in [-0.1, -0.05) is 6.42 Å². The van der Waals surface area contributed by atoms with Crippen LogP contribution in [0.4, 0.5) is 0 Å². The fourth-order valence-electron chi connectivity index (χ4n) is 2.27. The molecule has 0 bridgehead atoms. The van der Waals surface area contributed by atoms with Gasteiger partial charge in [-0.3, -0.25) is 4.90 Å². The van der Waals surface area contributed by atoms with E-state index in [-0.39, 0.29) is 0 Å². The zero-order valence-corrected chi connectivity index (χ0v) is 10.6. The average Bonchev–Trinajstić information content (AvgIpc) is 2.21. The standard InChI is InChI=1S/C12H27N3/c1-11(2)14(3)10-12-6-4-5-8-15(12)9-7-13/h11-12H,4-10,13H2,1-3H3. The molecule has 1 heterocycles. The molecule has 0 saturated carbocycles. The van der Waals surface area contributed by atoms with Crippen LogP contribution in [0.3, 0.4) is 0 Å². The first-order valence-corrected chi connectivity index (χ1v) is 6.29. The zero-order chi connectivity index (χ0) is 11.3. The lowest BCUT2D eigenvalue weighted by Gasteiger charge is -2.38. The van der Waals surface area contributed by atoms with Gasteiger partial charge in [0, 0.05) is 31.7 Å². The van der Waals surface area contributed by atoms with Crippen molar-refractivity contribution in [2.45, 2.75) is 45.2 Å². The Labute approximate surface area is 94.6 Å². The molecular weight excluding hydrogens is 186 g/mol. The van der Waals surface area contributed by atoms with Crippen molar-refractivity contribution in [2.75, 3.05) is 33.2 Å². The molecule has 1 rings (SSSR count). The number of likely N-dealkylation sites (tertiary alicyclic amines) is 1. The lowest BCUT2D eigenvalue weighted by molar-refractivity contribution is 0.106. The molecule has 0 radical (unpaired) electrons. The summed E-state index contributed by atoms with van der Waals surface area (Å²) in [5.74, 6) is 0. The van der Waals surface area contributed by atoms with Crippen LogP contribution in [0, 0.1) is 0 Å². The Bertz CT molecular complexity index is 168. The van der Waals surface area contributed by atoms with E-state index < -0.39 is 0 Å². The third-order valence-corrected chi connectivity index (χ3v) is 3.55.